The minimum atomic E-state index is -4.55. The van der Waals surface area contributed by atoms with Gasteiger partial charge < -0.3 is 10.7 Å². The van der Waals surface area contributed by atoms with Gasteiger partial charge in [0.2, 0.25) is 0 Å². The third kappa shape index (κ3) is 3.07. The summed E-state index contributed by atoms with van der Waals surface area (Å²) in [6.07, 6.45) is 2.34. The van der Waals surface area contributed by atoms with Gasteiger partial charge in [0.15, 0.2) is 0 Å². The summed E-state index contributed by atoms with van der Waals surface area (Å²) in [4.78, 5) is 13.5. The number of alkyl halides is 3. The van der Waals surface area contributed by atoms with Crippen molar-refractivity contribution in [2.24, 2.45) is 0 Å². The third-order valence-electron chi connectivity index (χ3n) is 6.01. The highest BCUT2D eigenvalue weighted by atomic mass is 19.4. The molecule has 1 unspecified atom stereocenters. The largest absolute Gasteiger partial charge is 0.419 e. The molecule has 0 amide bonds. The quantitative estimate of drug-likeness (QED) is 0.702. The van der Waals surface area contributed by atoms with Gasteiger partial charge in [-0.05, 0) is 31.5 Å². The summed E-state index contributed by atoms with van der Waals surface area (Å²) < 4.78 is 41.5. The number of imidazole rings is 1. The van der Waals surface area contributed by atoms with Crippen LogP contribution in [0.3, 0.4) is 0 Å². The van der Waals surface area contributed by atoms with Gasteiger partial charge in [0, 0.05) is 48.4 Å². The van der Waals surface area contributed by atoms with E-state index in [1.807, 2.05) is 16.9 Å². The Hall–Kier alpha value is -2.88. The van der Waals surface area contributed by atoms with Crippen LogP contribution in [0.15, 0.2) is 30.7 Å². The number of H-pyrrole nitrogens is 1. The molecule has 3 aromatic heterocycles. The number of nitrogens with two attached hydrogens (primary N) is 1. The zero-order valence-electron chi connectivity index (χ0n) is 15.6. The van der Waals surface area contributed by atoms with E-state index in [2.05, 4.69) is 25.0 Å². The summed E-state index contributed by atoms with van der Waals surface area (Å²) in [6.45, 7) is 3.35. The van der Waals surface area contributed by atoms with Gasteiger partial charge in [-0.1, -0.05) is 0 Å². The van der Waals surface area contributed by atoms with Crippen molar-refractivity contribution in [1.82, 2.24) is 29.6 Å². The number of rotatable bonds is 3. The fourth-order valence-corrected chi connectivity index (χ4v) is 4.55. The lowest BCUT2D eigenvalue weighted by Gasteiger charge is -2.23. The lowest BCUT2D eigenvalue weighted by Crippen LogP contribution is -2.29. The lowest BCUT2D eigenvalue weighted by molar-refractivity contribution is -0.137. The number of aryl methyl sites for hydroxylation is 1. The number of likely N-dealkylation sites (tertiary alicyclic amines) is 1. The summed E-state index contributed by atoms with van der Waals surface area (Å²) in [5.74, 6) is 0.413. The normalized spacial score (nSPS) is 21.9. The highest BCUT2D eigenvalue weighted by Crippen LogP contribution is 2.44. The summed E-state index contributed by atoms with van der Waals surface area (Å²) in [7, 11) is 0. The zero-order chi connectivity index (χ0) is 20.2. The molecule has 0 aromatic carbocycles. The van der Waals surface area contributed by atoms with Gasteiger partial charge in [-0.3, -0.25) is 9.58 Å². The summed E-state index contributed by atoms with van der Waals surface area (Å²) in [6, 6.07) is 2.95. The fourth-order valence-electron chi connectivity index (χ4n) is 4.55. The molecule has 1 fully saturated rings. The lowest BCUT2D eigenvalue weighted by atomic mass is 9.82. The minimum absolute atomic E-state index is 0.0219. The van der Waals surface area contributed by atoms with E-state index in [-0.39, 0.29) is 5.41 Å². The Morgan fingerprint density at radius 1 is 1.17 bits per heavy atom. The average Bonchev–Trinajstić information content (AvgIpc) is 3.43. The molecule has 10 heteroatoms. The molecular weight excluding hydrogens is 383 g/mol. The van der Waals surface area contributed by atoms with E-state index >= 15 is 0 Å². The second-order valence-electron chi connectivity index (χ2n) is 7.82. The van der Waals surface area contributed by atoms with Crippen LogP contribution in [0.2, 0.25) is 0 Å². The molecule has 0 saturated carbocycles. The third-order valence-corrected chi connectivity index (χ3v) is 6.01. The van der Waals surface area contributed by atoms with Gasteiger partial charge in [0.05, 0.1) is 17.8 Å². The molecule has 1 spiro atoms. The average molecular weight is 403 g/mol. The van der Waals surface area contributed by atoms with Gasteiger partial charge in [0.25, 0.3) is 0 Å². The predicted molar refractivity (Wildman–Crippen MR) is 99.6 cm³/mol. The SMILES string of the molecule is Nc1ncc(-c2cc3n(n2)CCC32CCN(Cc3ncc[nH]3)C2)cc1C(F)(F)F. The standard InChI is InChI=1S/C19H20F3N7/c20-19(21,22)13-7-12(9-26-17(13)23)14-8-15-18(2-6-29(15)27-14)1-5-28(11-18)10-16-24-3-4-25-16/h3-4,7-9H,1-2,5-6,10-11H2,(H2,23,26)(H,24,25). The van der Waals surface area contributed by atoms with Crippen molar-refractivity contribution in [2.45, 2.75) is 37.5 Å². The number of anilines is 1. The van der Waals surface area contributed by atoms with Crippen molar-refractivity contribution >= 4 is 5.82 Å². The first-order chi connectivity index (χ1) is 13.8. The Morgan fingerprint density at radius 2 is 2.00 bits per heavy atom. The number of nitrogens with one attached hydrogen (secondary N) is 1. The number of halogens is 3. The maximum atomic E-state index is 13.2. The molecule has 1 atom stereocenters. The van der Waals surface area contributed by atoms with E-state index in [0.717, 1.165) is 56.6 Å². The molecular formula is C19H20F3N7. The van der Waals surface area contributed by atoms with Crippen LogP contribution < -0.4 is 5.73 Å². The Balaban J connectivity index is 1.43. The number of aromatic nitrogens is 5. The van der Waals surface area contributed by atoms with E-state index in [0.29, 0.717) is 11.3 Å². The van der Waals surface area contributed by atoms with Crippen LogP contribution in [0.5, 0.6) is 0 Å². The molecule has 0 bridgehead atoms. The second-order valence-corrected chi connectivity index (χ2v) is 7.82. The maximum absolute atomic E-state index is 13.2. The number of pyridine rings is 1. The molecule has 1 saturated heterocycles. The van der Waals surface area contributed by atoms with Crippen molar-refractivity contribution in [2.75, 3.05) is 18.8 Å². The Morgan fingerprint density at radius 3 is 2.76 bits per heavy atom. The van der Waals surface area contributed by atoms with Crippen molar-refractivity contribution in [3.05, 3.63) is 47.8 Å². The van der Waals surface area contributed by atoms with Crippen LogP contribution in [0.25, 0.3) is 11.3 Å². The second kappa shape index (κ2) is 6.31. The monoisotopic (exact) mass is 403 g/mol. The first-order valence-corrected chi connectivity index (χ1v) is 9.46. The van der Waals surface area contributed by atoms with Crippen LogP contribution in [0, 0.1) is 0 Å². The maximum Gasteiger partial charge on any atom is 0.419 e. The Labute approximate surface area is 164 Å². The number of aromatic amines is 1. The first-order valence-electron chi connectivity index (χ1n) is 9.46. The van der Waals surface area contributed by atoms with E-state index < -0.39 is 17.6 Å². The fraction of sp³-hybridized carbons (Fsp3) is 0.421. The van der Waals surface area contributed by atoms with Crippen molar-refractivity contribution < 1.29 is 13.2 Å². The molecule has 5 rings (SSSR count). The molecule has 2 aliphatic rings. The van der Waals surface area contributed by atoms with Crippen LogP contribution in [0.1, 0.15) is 29.9 Å². The first kappa shape index (κ1) is 18.2. The number of hydrogen-bond donors (Lipinski definition) is 2. The van der Waals surface area contributed by atoms with Crippen LogP contribution in [-0.4, -0.2) is 42.7 Å². The zero-order valence-corrected chi connectivity index (χ0v) is 15.6. The van der Waals surface area contributed by atoms with E-state index in [1.165, 1.54) is 6.20 Å². The van der Waals surface area contributed by atoms with Crippen LogP contribution in [-0.2, 0) is 24.7 Å². The molecule has 3 N–H and O–H groups in total. The number of fused-ring (bicyclic) bond motifs is 2. The molecule has 152 valence electrons. The van der Waals surface area contributed by atoms with E-state index in [1.54, 1.807) is 6.20 Å². The van der Waals surface area contributed by atoms with Gasteiger partial charge in [-0.2, -0.15) is 18.3 Å². The Kier molecular flexibility index (Phi) is 3.95. The predicted octanol–water partition coefficient (Wildman–Crippen LogP) is 2.82. The molecule has 0 aliphatic carbocycles. The molecule has 0 radical (unpaired) electrons. The van der Waals surface area contributed by atoms with Crippen LogP contribution >= 0.6 is 0 Å². The summed E-state index contributed by atoms with van der Waals surface area (Å²) in [5.41, 5.74) is 6.38. The summed E-state index contributed by atoms with van der Waals surface area (Å²) >= 11 is 0. The molecule has 2 aliphatic heterocycles. The molecule has 5 heterocycles. The Bertz CT molecular complexity index is 1040. The smallest absolute Gasteiger partial charge is 0.383 e. The molecule has 3 aromatic rings. The molecule has 7 nitrogen and oxygen atoms in total. The van der Waals surface area contributed by atoms with E-state index in [9.17, 15) is 13.2 Å². The van der Waals surface area contributed by atoms with Crippen LogP contribution in [0.4, 0.5) is 19.0 Å². The number of hydrogen-bond acceptors (Lipinski definition) is 5. The van der Waals surface area contributed by atoms with Gasteiger partial charge in [-0.15, -0.1) is 0 Å². The molecule has 29 heavy (non-hydrogen) atoms. The number of nitrogens with zero attached hydrogens (tertiary/aromatic N) is 5. The highest BCUT2D eigenvalue weighted by Gasteiger charge is 2.45. The van der Waals surface area contributed by atoms with E-state index in [4.69, 9.17) is 5.73 Å². The number of nitrogen functional groups attached to an aromatic ring is 1. The van der Waals surface area contributed by atoms with Gasteiger partial charge >= 0.3 is 6.18 Å². The van der Waals surface area contributed by atoms with Gasteiger partial charge in [-0.25, -0.2) is 9.97 Å². The highest BCUT2D eigenvalue weighted by molar-refractivity contribution is 5.63. The minimum Gasteiger partial charge on any atom is -0.383 e. The van der Waals surface area contributed by atoms with Gasteiger partial charge in [0.1, 0.15) is 11.6 Å². The summed E-state index contributed by atoms with van der Waals surface area (Å²) in [5, 5.41) is 4.57. The van der Waals surface area contributed by atoms with Crippen molar-refractivity contribution in [1.29, 1.82) is 0 Å². The topological polar surface area (TPSA) is 88.7 Å². The van der Waals surface area contributed by atoms with Crippen molar-refractivity contribution in [3.63, 3.8) is 0 Å². The van der Waals surface area contributed by atoms with Crippen molar-refractivity contribution in [3.8, 4) is 11.3 Å².